The van der Waals surface area contributed by atoms with E-state index in [2.05, 4.69) is 31.3 Å². The highest BCUT2D eigenvalue weighted by Gasteiger charge is 2.17. The van der Waals surface area contributed by atoms with Crippen LogP contribution in [0.1, 0.15) is 44.9 Å². The summed E-state index contributed by atoms with van der Waals surface area (Å²) in [4.78, 5) is 29.1. The Morgan fingerprint density at radius 1 is 1.29 bits per heavy atom. The van der Waals surface area contributed by atoms with Gasteiger partial charge in [0.15, 0.2) is 5.65 Å². The maximum Gasteiger partial charge on any atom is 0.266 e. The number of nitrogens with one attached hydrogen (secondary N) is 1. The van der Waals surface area contributed by atoms with Gasteiger partial charge in [0, 0.05) is 13.1 Å². The van der Waals surface area contributed by atoms with Crippen LogP contribution in [-0.2, 0) is 18.4 Å². The SMILES string of the molecule is Cn1nc(Br)c2c(=O)n(CC(=O)NC3CCCCCCC3)cnc21. The number of hydrogen-bond donors (Lipinski definition) is 1. The Hall–Kier alpha value is -1.70. The van der Waals surface area contributed by atoms with Crippen LogP contribution in [0.3, 0.4) is 0 Å². The molecule has 130 valence electrons. The summed E-state index contributed by atoms with van der Waals surface area (Å²) in [6, 6.07) is 0.218. The number of hydrogen-bond acceptors (Lipinski definition) is 4. The summed E-state index contributed by atoms with van der Waals surface area (Å²) in [5.74, 6) is -0.135. The van der Waals surface area contributed by atoms with Crippen molar-refractivity contribution in [1.29, 1.82) is 0 Å². The van der Waals surface area contributed by atoms with Gasteiger partial charge in [0.2, 0.25) is 5.91 Å². The molecular formula is C16H22BrN5O2. The van der Waals surface area contributed by atoms with E-state index in [9.17, 15) is 9.59 Å². The van der Waals surface area contributed by atoms with Crippen LogP contribution in [0.15, 0.2) is 15.7 Å². The van der Waals surface area contributed by atoms with Crippen molar-refractivity contribution in [1.82, 2.24) is 24.6 Å². The molecule has 2 aromatic rings. The Bertz CT molecular complexity index is 790. The molecule has 0 atom stereocenters. The molecule has 2 heterocycles. The molecule has 1 fully saturated rings. The second-order valence-electron chi connectivity index (χ2n) is 6.40. The molecule has 0 unspecified atom stereocenters. The number of nitrogens with zero attached hydrogens (tertiary/aromatic N) is 4. The van der Waals surface area contributed by atoms with Gasteiger partial charge in [-0.25, -0.2) is 9.67 Å². The van der Waals surface area contributed by atoms with E-state index in [4.69, 9.17) is 0 Å². The molecular weight excluding hydrogens is 374 g/mol. The molecule has 3 rings (SSSR count). The van der Waals surface area contributed by atoms with Crippen molar-refractivity contribution in [3.63, 3.8) is 0 Å². The van der Waals surface area contributed by atoms with Crippen LogP contribution in [0.25, 0.3) is 11.0 Å². The molecule has 0 radical (unpaired) electrons. The first kappa shape index (κ1) is 17.1. The molecule has 1 aliphatic rings. The predicted molar refractivity (Wildman–Crippen MR) is 94.7 cm³/mol. The average molecular weight is 396 g/mol. The van der Waals surface area contributed by atoms with Crippen LogP contribution in [0.2, 0.25) is 0 Å². The predicted octanol–water partition coefficient (Wildman–Crippen LogP) is 2.12. The van der Waals surface area contributed by atoms with Gasteiger partial charge in [-0.15, -0.1) is 0 Å². The maximum absolute atomic E-state index is 12.6. The molecule has 1 saturated carbocycles. The van der Waals surface area contributed by atoms with E-state index in [1.165, 1.54) is 30.2 Å². The molecule has 0 saturated heterocycles. The van der Waals surface area contributed by atoms with Crippen molar-refractivity contribution in [3.8, 4) is 0 Å². The third-order valence-corrected chi connectivity index (χ3v) is 5.11. The maximum atomic E-state index is 12.6. The average Bonchev–Trinajstić information content (AvgIpc) is 2.80. The third kappa shape index (κ3) is 3.68. The van der Waals surface area contributed by atoms with Crippen molar-refractivity contribution in [3.05, 3.63) is 21.3 Å². The van der Waals surface area contributed by atoms with Gasteiger partial charge in [0.25, 0.3) is 5.56 Å². The zero-order valence-corrected chi connectivity index (χ0v) is 15.4. The lowest BCUT2D eigenvalue weighted by Gasteiger charge is -2.21. The van der Waals surface area contributed by atoms with E-state index >= 15 is 0 Å². The topological polar surface area (TPSA) is 81.8 Å². The highest BCUT2D eigenvalue weighted by molar-refractivity contribution is 9.10. The smallest absolute Gasteiger partial charge is 0.266 e. The van der Waals surface area contributed by atoms with Crippen molar-refractivity contribution >= 4 is 32.9 Å². The molecule has 1 amide bonds. The molecule has 0 aliphatic heterocycles. The minimum absolute atomic E-state index is 0.0143. The van der Waals surface area contributed by atoms with Crippen LogP contribution in [0.4, 0.5) is 0 Å². The Labute approximate surface area is 148 Å². The van der Waals surface area contributed by atoms with Gasteiger partial charge in [0.1, 0.15) is 22.9 Å². The van der Waals surface area contributed by atoms with Gasteiger partial charge in [-0.05, 0) is 28.8 Å². The van der Waals surface area contributed by atoms with E-state index in [-0.39, 0.29) is 24.1 Å². The minimum Gasteiger partial charge on any atom is -0.352 e. The highest BCUT2D eigenvalue weighted by Crippen LogP contribution is 2.18. The first-order valence-electron chi connectivity index (χ1n) is 8.43. The van der Waals surface area contributed by atoms with E-state index in [1.54, 1.807) is 11.7 Å². The molecule has 2 aromatic heterocycles. The van der Waals surface area contributed by atoms with E-state index < -0.39 is 0 Å². The van der Waals surface area contributed by atoms with Crippen molar-refractivity contribution in [2.45, 2.75) is 57.5 Å². The number of amides is 1. The second kappa shape index (κ2) is 7.46. The van der Waals surface area contributed by atoms with Crippen molar-refractivity contribution in [2.75, 3.05) is 0 Å². The van der Waals surface area contributed by atoms with Crippen LogP contribution >= 0.6 is 15.9 Å². The molecule has 1 aliphatic carbocycles. The quantitative estimate of drug-likeness (QED) is 0.862. The normalized spacial score (nSPS) is 16.8. The fourth-order valence-corrected chi connectivity index (χ4v) is 3.86. The molecule has 0 spiro atoms. The summed E-state index contributed by atoms with van der Waals surface area (Å²) in [6.07, 6.45) is 9.53. The Morgan fingerprint density at radius 2 is 1.96 bits per heavy atom. The number of carbonyl (C=O) groups excluding carboxylic acids is 1. The molecule has 0 aromatic carbocycles. The minimum atomic E-state index is -0.257. The van der Waals surface area contributed by atoms with E-state index in [0.717, 1.165) is 25.7 Å². The molecule has 24 heavy (non-hydrogen) atoms. The first-order chi connectivity index (χ1) is 11.6. The number of rotatable bonds is 3. The second-order valence-corrected chi connectivity index (χ2v) is 7.15. The number of aromatic nitrogens is 4. The van der Waals surface area contributed by atoms with Gasteiger partial charge < -0.3 is 5.32 Å². The van der Waals surface area contributed by atoms with Crippen molar-refractivity contribution < 1.29 is 4.79 Å². The monoisotopic (exact) mass is 395 g/mol. The largest absolute Gasteiger partial charge is 0.352 e. The summed E-state index contributed by atoms with van der Waals surface area (Å²) >= 11 is 3.28. The lowest BCUT2D eigenvalue weighted by molar-refractivity contribution is -0.122. The summed E-state index contributed by atoms with van der Waals surface area (Å²) < 4.78 is 3.33. The van der Waals surface area contributed by atoms with Gasteiger partial charge >= 0.3 is 0 Å². The number of halogens is 1. The number of fused-ring (bicyclic) bond motifs is 1. The lowest BCUT2D eigenvalue weighted by atomic mass is 9.97. The summed E-state index contributed by atoms with van der Waals surface area (Å²) in [6.45, 7) is -0.0143. The summed E-state index contributed by atoms with van der Waals surface area (Å²) in [7, 11) is 1.73. The molecule has 1 N–H and O–H groups in total. The molecule has 7 nitrogen and oxygen atoms in total. The van der Waals surface area contributed by atoms with E-state index in [1.807, 2.05) is 0 Å². The van der Waals surface area contributed by atoms with Gasteiger partial charge in [-0.1, -0.05) is 32.1 Å². The lowest BCUT2D eigenvalue weighted by Crippen LogP contribution is -2.39. The highest BCUT2D eigenvalue weighted by atomic mass is 79.9. The van der Waals surface area contributed by atoms with Crippen molar-refractivity contribution in [2.24, 2.45) is 7.05 Å². The number of carbonyl (C=O) groups is 1. The standard InChI is InChI=1S/C16H22BrN5O2/c1-21-15-13(14(17)20-21)16(24)22(10-18-15)9-12(23)19-11-7-5-3-2-4-6-8-11/h10-11H,2-9H2,1H3,(H,19,23). The zero-order chi connectivity index (χ0) is 17.1. The fraction of sp³-hybridized carbons (Fsp3) is 0.625. The Morgan fingerprint density at radius 3 is 2.67 bits per heavy atom. The Balaban J connectivity index is 1.72. The summed E-state index contributed by atoms with van der Waals surface area (Å²) in [5, 5.41) is 7.61. The van der Waals surface area contributed by atoms with Gasteiger partial charge in [-0.2, -0.15) is 5.10 Å². The van der Waals surface area contributed by atoms with Crippen LogP contribution in [-0.4, -0.2) is 31.3 Å². The van der Waals surface area contributed by atoms with Gasteiger partial charge in [0.05, 0.1) is 0 Å². The van der Waals surface area contributed by atoms with Crippen LogP contribution < -0.4 is 10.9 Å². The third-order valence-electron chi connectivity index (χ3n) is 4.55. The van der Waals surface area contributed by atoms with Crippen LogP contribution in [0.5, 0.6) is 0 Å². The fourth-order valence-electron chi connectivity index (χ4n) is 3.28. The zero-order valence-electron chi connectivity index (χ0n) is 13.8. The van der Waals surface area contributed by atoms with E-state index in [0.29, 0.717) is 15.6 Å². The van der Waals surface area contributed by atoms with Crippen LogP contribution in [0, 0.1) is 0 Å². The molecule has 8 heteroatoms. The van der Waals surface area contributed by atoms with Gasteiger partial charge in [-0.3, -0.25) is 14.2 Å². The molecule has 0 bridgehead atoms. The Kier molecular flexibility index (Phi) is 5.33. The first-order valence-corrected chi connectivity index (χ1v) is 9.22. The summed E-state index contributed by atoms with van der Waals surface area (Å²) in [5.41, 5.74) is 0.247. The number of aryl methyl sites for hydroxylation is 1.